The second kappa shape index (κ2) is 5.96. The van der Waals surface area contributed by atoms with Crippen LogP contribution in [0.15, 0.2) is 35.2 Å². The summed E-state index contributed by atoms with van der Waals surface area (Å²) in [7, 11) is -3.85. The molecule has 1 aromatic carbocycles. The molecule has 0 amide bonds. The van der Waals surface area contributed by atoms with Crippen LogP contribution in [0.4, 0.5) is 11.6 Å². The SMILES string of the molecule is CCOc1cc(C)nc(NS(=O)(=O)c2ccccc2N)n1. The topological polar surface area (TPSA) is 107 Å². The minimum Gasteiger partial charge on any atom is -0.478 e. The number of hydrogen-bond acceptors (Lipinski definition) is 6. The number of nitrogens with one attached hydrogen (secondary N) is 1. The minimum absolute atomic E-state index is 0.0203. The van der Waals surface area contributed by atoms with Crippen LogP contribution >= 0.6 is 0 Å². The average molecular weight is 308 g/mol. The molecule has 2 rings (SSSR count). The number of rotatable bonds is 5. The lowest BCUT2D eigenvalue weighted by Gasteiger charge is -2.10. The van der Waals surface area contributed by atoms with E-state index in [4.69, 9.17) is 10.5 Å². The zero-order chi connectivity index (χ0) is 15.5. The first kappa shape index (κ1) is 15.0. The molecule has 0 unspecified atom stereocenters. The van der Waals surface area contributed by atoms with Gasteiger partial charge in [-0.1, -0.05) is 12.1 Å². The second-order valence-electron chi connectivity index (χ2n) is 4.25. The molecule has 0 aliphatic rings. The highest BCUT2D eigenvalue weighted by atomic mass is 32.2. The summed E-state index contributed by atoms with van der Waals surface area (Å²) < 4.78 is 32.1. The van der Waals surface area contributed by atoms with Gasteiger partial charge in [-0.25, -0.2) is 18.1 Å². The normalized spacial score (nSPS) is 11.1. The third kappa shape index (κ3) is 3.60. The maximum atomic E-state index is 12.3. The third-order valence-electron chi connectivity index (χ3n) is 2.56. The van der Waals surface area contributed by atoms with Gasteiger partial charge in [0.1, 0.15) is 4.90 Å². The number of aromatic nitrogens is 2. The summed E-state index contributed by atoms with van der Waals surface area (Å²) in [4.78, 5) is 8.01. The van der Waals surface area contributed by atoms with Crippen molar-refractivity contribution in [1.82, 2.24) is 9.97 Å². The van der Waals surface area contributed by atoms with Crippen LogP contribution in [-0.2, 0) is 10.0 Å². The van der Waals surface area contributed by atoms with Crippen LogP contribution in [0.3, 0.4) is 0 Å². The number of para-hydroxylation sites is 1. The Labute approximate surface area is 123 Å². The molecule has 0 spiro atoms. The minimum atomic E-state index is -3.85. The summed E-state index contributed by atoms with van der Waals surface area (Å²) in [6.07, 6.45) is 0. The van der Waals surface area contributed by atoms with E-state index < -0.39 is 10.0 Å². The van der Waals surface area contributed by atoms with Crippen molar-refractivity contribution in [3.8, 4) is 5.88 Å². The Bertz CT molecular complexity index is 747. The standard InChI is InChI=1S/C13H16N4O3S/c1-3-20-12-8-9(2)15-13(16-12)17-21(18,19)11-7-5-4-6-10(11)14/h4-8H,3,14H2,1-2H3,(H,15,16,17). The third-order valence-corrected chi connectivity index (χ3v) is 3.96. The Morgan fingerprint density at radius 1 is 1.29 bits per heavy atom. The summed E-state index contributed by atoms with van der Waals surface area (Å²) in [6.45, 7) is 3.96. The largest absolute Gasteiger partial charge is 0.478 e. The van der Waals surface area contributed by atoms with Gasteiger partial charge in [0.05, 0.1) is 12.3 Å². The Morgan fingerprint density at radius 3 is 2.67 bits per heavy atom. The second-order valence-corrected chi connectivity index (χ2v) is 5.90. The molecule has 8 heteroatoms. The maximum absolute atomic E-state index is 12.3. The molecule has 3 N–H and O–H groups in total. The van der Waals surface area contributed by atoms with Gasteiger partial charge >= 0.3 is 0 Å². The molecule has 0 aliphatic heterocycles. The molecule has 0 bridgehead atoms. The molecule has 1 heterocycles. The highest BCUT2D eigenvalue weighted by Crippen LogP contribution is 2.20. The van der Waals surface area contributed by atoms with Crippen molar-refractivity contribution in [3.05, 3.63) is 36.0 Å². The van der Waals surface area contributed by atoms with Gasteiger partial charge in [0, 0.05) is 11.8 Å². The van der Waals surface area contributed by atoms with Gasteiger partial charge in [0.2, 0.25) is 11.8 Å². The van der Waals surface area contributed by atoms with E-state index in [1.807, 2.05) is 6.92 Å². The number of aryl methyl sites for hydroxylation is 1. The molecule has 21 heavy (non-hydrogen) atoms. The molecule has 0 atom stereocenters. The van der Waals surface area contributed by atoms with Crippen LogP contribution in [0, 0.1) is 6.92 Å². The van der Waals surface area contributed by atoms with E-state index >= 15 is 0 Å². The quantitative estimate of drug-likeness (QED) is 0.812. The van der Waals surface area contributed by atoms with Crippen molar-refractivity contribution >= 4 is 21.7 Å². The first-order chi connectivity index (χ1) is 9.92. The number of nitrogen functional groups attached to an aromatic ring is 1. The van der Waals surface area contributed by atoms with Crippen LogP contribution < -0.4 is 15.2 Å². The molecular weight excluding hydrogens is 292 g/mol. The lowest BCUT2D eigenvalue weighted by molar-refractivity contribution is 0.326. The summed E-state index contributed by atoms with van der Waals surface area (Å²) in [5, 5.41) is 0. The van der Waals surface area contributed by atoms with Gasteiger partial charge in [-0.2, -0.15) is 4.98 Å². The van der Waals surface area contributed by atoms with E-state index in [1.54, 1.807) is 25.1 Å². The number of anilines is 2. The van der Waals surface area contributed by atoms with E-state index in [-0.39, 0.29) is 16.5 Å². The smallest absolute Gasteiger partial charge is 0.266 e. The summed E-state index contributed by atoms with van der Waals surface area (Å²) in [5.74, 6) is 0.255. The van der Waals surface area contributed by atoms with Crippen LogP contribution in [0.25, 0.3) is 0 Å². The number of sulfonamides is 1. The number of hydrogen-bond donors (Lipinski definition) is 2. The predicted molar refractivity (Wildman–Crippen MR) is 79.6 cm³/mol. The number of nitrogens with zero attached hydrogens (tertiary/aromatic N) is 2. The van der Waals surface area contributed by atoms with Gasteiger partial charge in [-0.3, -0.25) is 0 Å². The monoisotopic (exact) mass is 308 g/mol. The van der Waals surface area contributed by atoms with Crippen LogP contribution in [0.5, 0.6) is 5.88 Å². The van der Waals surface area contributed by atoms with Crippen molar-refractivity contribution in [3.63, 3.8) is 0 Å². The highest BCUT2D eigenvalue weighted by molar-refractivity contribution is 7.92. The van der Waals surface area contributed by atoms with Crippen LogP contribution in [0.2, 0.25) is 0 Å². The van der Waals surface area contributed by atoms with Gasteiger partial charge in [-0.05, 0) is 26.0 Å². The van der Waals surface area contributed by atoms with Crippen molar-refractivity contribution in [2.75, 3.05) is 17.1 Å². The van der Waals surface area contributed by atoms with E-state index in [1.165, 1.54) is 12.1 Å². The molecule has 0 fully saturated rings. The molecule has 0 saturated carbocycles. The van der Waals surface area contributed by atoms with E-state index in [0.29, 0.717) is 18.2 Å². The fraction of sp³-hybridized carbons (Fsp3) is 0.231. The molecule has 0 radical (unpaired) electrons. The zero-order valence-corrected chi connectivity index (χ0v) is 12.5. The lowest BCUT2D eigenvalue weighted by Crippen LogP contribution is -2.17. The van der Waals surface area contributed by atoms with Gasteiger partial charge in [-0.15, -0.1) is 0 Å². The molecule has 2 aromatic rings. The lowest BCUT2D eigenvalue weighted by atomic mass is 10.3. The molecule has 112 valence electrons. The van der Waals surface area contributed by atoms with Gasteiger partial charge in [0.25, 0.3) is 10.0 Å². The number of benzene rings is 1. The number of ether oxygens (including phenoxy) is 1. The van der Waals surface area contributed by atoms with Crippen molar-refractivity contribution < 1.29 is 13.2 Å². The first-order valence-electron chi connectivity index (χ1n) is 6.28. The highest BCUT2D eigenvalue weighted by Gasteiger charge is 2.19. The molecular formula is C13H16N4O3S. The predicted octanol–water partition coefficient (Wildman–Crippen LogP) is 1.57. The molecule has 0 saturated heterocycles. The van der Waals surface area contributed by atoms with Crippen LogP contribution in [-0.4, -0.2) is 25.0 Å². The molecule has 7 nitrogen and oxygen atoms in total. The fourth-order valence-electron chi connectivity index (χ4n) is 1.71. The van der Waals surface area contributed by atoms with Crippen molar-refractivity contribution in [2.24, 2.45) is 0 Å². The van der Waals surface area contributed by atoms with Crippen molar-refractivity contribution in [1.29, 1.82) is 0 Å². The molecule has 0 aliphatic carbocycles. The van der Waals surface area contributed by atoms with Gasteiger partial charge in [0.15, 0.2) is 0 Å². The Hall–Kier alpha value is -2.35. The summed E-state index contributed by atoms with van der Waals surface area (Å²) in [5.41, 5.74) is 6.43. The van der Waals surface area contributed by atoms with E-state index in [9.17, 15) is 8.42 Å². The van der Waals surface area contributed by atoms with Gasteiger partial charge < -0.3 is 10.5 Å². The first-order valence-corrected chi connectivity index (χ1v) is 7.76. The van der Waals surface area contributed by atoms with Crippen molar-refractivity contribution in [2.45, 2.75) is 18.7 Å². The Morgan fingerprint density at radius 2 is 2.00 bits per heavy atom. The average Bonchev–Trinajstić information content (AvgIpc) is 2.38. The zero-order valence-electron chi connectivity index (χ0n) is 11.7. The Balaban J connectivity index is 2.35. The fourth-order valence-corrected chi connectivity index (χ4v) is 2.79. The number of nitrogens with two attached hydrogens (primary N) is 1. The molecule has 1 aromatic heterocycles. The summed E-state index contributed by atoms with van der Waals surface area (Å²) >= 11 is 0. The summed E-state index contributed by atoms with van der Waals surface area (Å²) in [6, 6.07) is 7.80. The van der Waals surface area contributed by atoms with E-state index in [0.717, 1.165) is 0 Å². The maximum Gasteiger partial charge on any atom is 0.266 e. The van der Waals surface area contributed by atoms with E-state index in [2.05, 4.69) is 14.7 Å². The Kier molecular flexibility index (Phi) is 4.27. The van der Waals surface area contributed by atoms with Crippen LogP contribution in [0.1, 0.15) is 12.6 Å².